The highest BCUT2D eigenvalue weighted by atomic mass is 35.5. The average molecular weight is 497 g/mol. The van der Waals surface area contributed by atoms with Gasteiger partial charge in [-0.05, 0) is 67.2 Å². The van der Waals surface area contributed by atoms with Crippen LogP contribution in [0.2, 0.25) is 5.02 Å². The molecule has 2 aromatic carbocycles. The molecular formula is C23H17ClN4O5S. The van der Waals surface area contributed by atoms with E-state index >= 15 is 0 Å². The molecule has 2 heterocycles. The van der Waals surface area contributed by atoms with Gasteiger partial charge < -0.3 is 14.1 Å². The van der Waals surface area contributed by atoms with E-state index in [1.807, 2.05) is 23.6 Å². The Morgan fingerprint density at radius 3 is 2.41 bits per heavy atom. The fourth-order valence-electron chi connectivity index (χ4n) is 3.16. The van der Waals surface area contributed by atoms with Crippen LogP contribution in [0.25, 0.3) is 28.8 Å². The van der Waals surface area contributed by atoms with Crippen LogP contribution >= 0.6 is 23.4 Å². The van der Waals surface area contributed by atoms with Crippen LogP contribution in [0.5, 0.6) is 0 Å². The molecule has 0 bridgehead atoms. The fraction of sp³-hybridized carbons (Fsp3) is 0.0870. The minimum absolute atomic E-state index is 0.00523. The van der Waals surface area contributed by atoms with E-state index in [9.17, 15) is 20.0 Å². The van der Waals surface area contributed by atoms with Crippen molar-refractivity contribution in [3.05, 3.63) is 86.5 Å². The topological polar surface area (TPSA) is 124 Å². The second kappa shape index (κ2) is 9.94. The molecule has 9 nitrogen and oxygen atoms in total. The van der Waals surface area contributed by atoms with Gasteiger partial charge in [-0.2, -0.15) is 0 Å². The van der Waals surface area contributed by atoms with Crippen molar-refractivity contribution in [2.45, 2.75) is 18.6 Å². The van der Waals surface area contributed by atoms with Crippen molar-refractivity contribution >= 4 is 41.1 Å². The lowest BCUT2D eigenvalue weighted by atomic mass is 10.1. The van der Waals surface area contributed by atoms with E-state index in [2.05, 4.69) is 10.2 Å². The average Bonchev–Trinajstić information content (AvgIpc) is 3.46. The number of rotatable bonds is 8. The van der Waals surface area contributed by atoms with Crippen LogP contribution in [0.4, 0.5) is 5.69 Å². The highest BCUT2D eigenvalue weighted by Gasteiger charge is 2.19. The number of hydrogen-bond donors (Lipinski definition) is 1. The highest BCUT2D eigenvalue weighted by molar-refractivity contribution is 8.04. The van der Waals surface area contributed by atoms with E-state index in [-0.39, 0.29) is 10.6 Å². The van der Waals surface area contributed by atoms with E-state index < -0.39 is 10.9 Å². The van der Waals surface area contributed by atoms with Gasteiger partial charge in [0.2, 0.25) is 0 Å². The summed E-state index contributed by atoms with van der Waals surface area (Å²) in [6, 6.07) is 16.3. The van der Waals surface area contributed by atoms with Crippen molar-refractivity contribution in [1.29, 1.82) is 0 Å². The van der Waals surface area contributed by atoms with Crippen LogP contribution in [0.1, 0.15) is 12.7 Å². The molecule has 2 aromatic heterocycles. The van der Waals surface area contributed by atoms with Crippen LogP contribution in [0, 0.1) is 10.1 Å². The number of aromatic nitrogens is 3. The molecule has 0 saturated heterocycles. The third-order valence-electron chi connectivity index (χ3n) is 4.81. The quantitative estimate of drug-likeness (QED) is 0.136. The van der Waals surface area contributed by atoms with Gasteiger partial charge in [-0.25, -0.2) is 4.79 Å². The molecule has 172 valence electrons. The van der Waals surface area contributed by atoms with Crippen LogP contribution < -0.4 is 0 Å². The molecule has 0 fully saturated rings. The van der Waals surface area contributed by atoms with Gasteiger partial charge in [-0.3, -0.25) is 10.1 Å². The van der Waals surface area contributed by atoms with Gasteiger partial charge in [0, 0.05) is 40.9 Å². The van der Waals surface area contributed by atoms with E-state index in [0.29, 0.717) is 39.6 Å². The zero-order chi connectivity index (χ0) is 24.2. The largest absolute Gasteiger partial charge is 0.477 e. The molecule has 0 aliphatic carbocycles. The summed E-state index contributed by atoms with van der Waals surface area (Å²) in [5.41, 5.74) is 1.41. The van der Waals surface area contributed by atoms with Gasteiger partial charge in [0.1, 0.15) is 16.4 Å². The summed E-state index contributed by atoms with van der Waals surface area (Å²) in [4.78, 5) is 22.3. The predicted molar refractivity (Wildman–Crippen MR) is 128 cm³/mol. The molecule has 0 saturated carbocycles. The van der Waals surface area contributed by atoms with Crippen molar-refractivity contribution in [2.75, 3.05) is 0 Å². The van der Waals surface area contributed by atoms with E-state index in [1.165, 1.54) is 18.2 Å². The lowest BCUT2D eigenvalue weighted by Crippen LogP contribution is -2.02. The number of nitrogens with zero attached hydrogens (tertiary/aromatic N) is 4. The number of furan rings is 1. The summed E-state index contributed by atoms with van der Waals surface area (Å²) in [5.74, 6) is 0.234. The number of halogens is 1. The highest BCUT2D eigenvalue weighted by Crippen LogP contribution is 2.32. The Morgan fingerprint density at radius 1 is 1.12 bits per heavy atom. The summed E-state index contributed by atoms with van der Waals surface area (Å²) in [7, 11) is 0. The van der Waals surface area contributed by atoms with E-state index in [4.69, 9.17) is 16.0 Å². The summed E-state index contributed by atoms with van der Waals surface area (Å²) in [6.45, 7) is 2.45. The molecule has 0 unspecified atom stereocenters. The molecule has 11 heteroatoms. The first-order valence-electron chi connectivity index (χ1n) is 10.0. The Balaban J connectivity index is 1.60. The van der Waals surface area contributed by atoms with Gasteiger partial charge >= 0.3 is 5.97 Å². The van der Waals surface area contributed by atoms with Crippen molar-refractivity contribution in [1.82, 2.24) is 14.8 Å². The second-order valence-corrected chi connectivity index (χ2v) is 8.42. The summed E-state index contributed by atoms with van der Waals surface area (Å²) in [6.07, 6.45) is 1.40. The predicted octanol–water partition coefficient (Wildman–Crippen LogP) is 6.00. The van der Waals surface area contributed by atoms with Gasteiger partial charge in [-0.15, -0.1) is 10.2 Å². The smallest absolute Gasteiger partial charge is 0.342 e. The lowest BCUT2D eigenvalue weighted by molar-refractivity contribution is -0.384. The maximum Gasteiger partial charge on any atom is 0.342 e. The SMILES string of the molecule is CCn1c(S/C(=C\c2ccc(-c3ccc([N+](=O)[O-])cc3)o2)C(=O)O)nnc1-c1ccc(Cl)cc1. The van der Waals surface area contributed by atoms with Gasteiger partial charge in [0.15, 0.2) is 11.0 Å². The summed E-state index contributed by atoms with van der Waals surface area (Å²) < 4.78 is 7.57. The number of benzene rings is 2. The normalized spacial score (nSPS) is 11.5. The number of hydrogen-bond acceptors (Lipinski definition) is 7. The molecule has 0 aliphatic heterocycles. The Morgan fingerprint density at radius 2 is 1.79 bits per heavy atom. The Bertz CT molecular complexity index is 1380. The molecular weight excluding hydrogens is 480 g/mol. The molecule has 1 N–H and O–H groups in total. The minimum atomic E-state index is -1.14. The molecule has 0 radical (unpaired) electrons. The molecule has 4 rings (SSSR count). The van der Waals surface area contributed by atoms with Gasteiger partial charge in [0.25, 0.3) is 5.69 Å². The molecule has 0 aliphatic rings. The van der Waals surface area contributed by atoms with E-state index in [0.717, 1.165) is 17.3 Å². The first kappa shape index (κ1) is 23.3. The molecule has 4 aromatic rings. The second-order valence-electron chi connectivity index (χ2n) is 6.98. The first-order valence-corrected chi connectivity index (χ1v) is 11.2. The van der Waals surface area contributed by atoms with Gasteiger partial charge in [0.05, 0.1) is 4.92 Å². The Labute approximate surface area is 202 Å². The standard InChI is InChI=1S/C23H17ClN4O5S/c1-2-27-21(15-3-7-16(24)8-4-15)25-26-23(27)34-20(22(29)30)13-18-11-12-19(33-18)14-5-9-17(10-6-14)28(31)32/h3-13H,2H2,1H3,(H,29,30)/b20-13-. The number of nitro groups is 1. The Kier molecular flexibility index (Phi) is 6.80. The van der Waals surface area contributed by atoms with Crippen molar-refractivity contribution in [3.63, 3.8) is 0 Å². The zero-order valence-corrected chi connectivity index (χ0v) is 19.3. The van der Waals surface area contributed by atoms with Crippen molar-refractivity contribution in [3.8, 4) is 22.7 Å². The fourth-order valence-corrected chi connectivity index (χ4v) is 4.15. The first-order chi connectivity index (χ1) is 16.4. The molecule has 0 spiro atoms. The number of aliphatic carboxylic acids is 1. The van der Waals surface area contributed by atoms with Crippen LogP contribution in [0.15, 0.2) is 75.1 Å². The minimum Gasteiger partial charge on any atom is -0.477 e. The van der Waals surface area contributed by atoms with Crippen LogP contribution in [-0.4, -0.2) is 30.8 Å². The summed E-state index contributed by atoms with van der Waals surface area (Å²) in [5, 5.41) is 30.0. The zero-order valence-electron chi connectivity index (χ0n) is 17.7. The van der Waals surface area contributed by atoms with Crippen LogP contribution in [0.3, 0.4) is 0 Å². The third-order valence-corrected chi connectivity index (χ3v) is 6.06. The number of thioether (sulfide) groups is 1. The molecule has 34 heavy (non-hydrogen) atoms. The maximum atomic E-state index is 11.9. The molecule has 0 amide bonds. The number of carboxylic acid groups (broad SMARTS) is 1. The summed E-state index contributed by atoms with van der Waals surface area (Å²) >= 11 is 6.93. The van der Waals surface area contributed by atoms with E-state index in [1.54, 1.807) is 36.4 Å². The number of carbonyl (C=O) groups is 1. The molecule has 0 atom stereocenters. The number of non-ortho nitro benzene ring substituents is 1. The number of nitro benzene ring substituents is 1. The van der Waals surface area contributed by atoms with Gasteiger partial charge in [-0.1, -0.05) is 11.6 Å². The monoisotopic (exact) mass is 496 g/mol. The Hall–Kier alpha value is -3.89. The maximum absolute atomic E-state index is 11.9. The van der Waals surface area contributed by atoms with Crippen molar-refractivity contribution < 1.29 is 19.2 Å². The van der Waals surface area contributed by atoms with Crippen molar-refractivity contribution in [2.24, 2.45) is 0 Å². The lowest BCUT2D eigenvalue weighted by Gasteiger charge is -2.07. The van der Waals surface area contributed by atoms with Crippen LogP contribution in [-0.2, 0) is 11.3 Å². The third kappa shape index (κ3) is 5.03. The number of carboxylic acids is 1.